The Bertz CT molecular complexity index is 27.3. The van der Waals surface area contributed by atoms with Crippen LogP contribution in [0.1, 0.15) is 14.4 Å². The van der Waals surface area contributed by atoms with Gasteiger partial charge in [0.25, 0.3) is 0 Å². The molecular formula is C5H14O2. The van der Waals surface area contributed by atoms with Crippen molar-refractivity contribution in [2.75, 3.05) is 13.7 Å². The average Bonchev–Trinajstić information content (AvgIpc) is 1.35. The van der Waals surface area contributed by atoms with Crippen LogP contribution in [0.4, 0.5) is 0 Å². The molecule has 1 atom stereocenters. The van der Waals surface area contributed by atoms with Crippen molar-refractivity contribution in [3.05, 3.63) is 0 Å². The van der Waals surface area contributed by atoms with Crippen LogP contribution >= 0.6 is 0 Å². The maximum Gasteiger partial charge on any atom is 0.0745 e. The molecule has 0 heterocycles. The van der Waals surface area contributed by atoms with Gasteiger partial charge in [0.2, 0.25) is 0 Å². The highest BCUT2D eigenvalue weighted by molar-refractivity contribution is 4.36. The van der Waals surface area contributed by atoms with E-state index in [2.05, 4.69) is 4.74 Å². The Morgan fingerprint density at radius 3 is 2.14 bits per heavy atom. The average molecular weight is 106 g/mol. The molecule has 0 aromatic carbocycles. The fraction of sp³-hybridized carbons (Fsp3) is 1.00. The summed E-state index contributed by atoms with van der Waals surface area (Å²) in [7, 11) is 1.56. The lowest BCUT2D eigenvalue weighted by Crippen LogP contribution is -2.07. The quantitative estimate of drug-likeness (QED) is 0.560. The van der Waals surface area contributed by atoms with Crippen molar-refractivity contribution in [3.8, 4) is 0 Å². The van der Waals surface area contributed by atoms with Crippen LogP contribution in [-0.4, -0.2) is 24.9 Å². The van der Waals surface area contributed by atoms with E-state index in [0.29, 0.717) is 6.61 Å². The van der Waals surface area contributed by atoms with Crippen molar-refractivity contribution in [1.29, 1.82) is 0 Å². The number of aliphatic hydroxyl groups is 1. The van der Waals surface area contributed by atoms with Gasteiger partial charge < -0.3 is 9.84 Å². The van der Waals surface area contributed by atoms with E-state index in [1.54, 1.807) is 14.0 Å². The van der Waals surface area contributed by atoms with E-state index in [4.69, 9.17) is 5.11 Å². The Kier molecular flexibility index (Phi) is 8.47. The molecule has 0 amide bonds. The largest absolute Gasteiger partial charge is 0.391 e. The van der Waals surface area contributed by atoms with Crippen molar-refractivity contribution in [3.63, 3.8) is 0 Å². The first-order valence-electron chi connectivity index (χ1n) is 1.94. The zero-order valence-corrected chi connectivity index (χ0v) is 4.14. The van der Waals surface area contributed by atoms with Crippen molar-refractivity contribution >= 4 is 0 Å². The highest BCUT2D eigenvalue weighted by Gasteiger charge is 1.87. The first-order chi connectivity index (χ1) is 2.77. The normalized spacial score (nSPS) is 12.4. The number of methoxy groups -OCH3 is 1. The van der Waals surface area contributed by atoms with Gasteiger partial charge in [0.1, 0.15) is 0 Å². The summed E-state index contributed by atoms with van der Waals surface area (Å²) in [6.07, 6.45) is -0.324. The van der Waals surface area contributed by atoms with E-state index in [9.17, 15) is 0 Å². The Hall–Kier alpha value is -0.0800. The van der Waals surface area contributed by atoms with Crippen molar-refractivity contribution in [1.82, 2.24) is 0 Å². The summed E-state index contributed by atoms with van der Waals surface area (Å²) >= 11 is 0. The molecule has 0 aromatic heterocycles. The molecule has 0 bridgehead atoms. The van der Waals surface area contributed by atoms with E-state index >= 15 is 0 Å². The van der Waals surface area contributed by atoms with Gasteiger partial charge in [0, 0.05) is 7.11 Å². The van der Waals surface area contributed by atoms with Gasteiger partial charge in [-0.3, -0.25) is 0 Å². The molecule has 0 spiro atoms. The van der Waals surface area contributed by atoms with E-state index in [1.807, 2.05) is 0 Å². The number of hydrogen-bond donors (Lipinski definition) is 1. The van der Waals surface area contributed by atoms with E-state index < -0.39 is 0 Å². The Morgan fingerprint density at radius 2 is 2.14 bits per heavy atom. The molecule has 0 aliphatic heterocycles. The molecule has 0 aliphatic rings. The van der Waals surface area contributed by atoms with E-state index in [0.717, 1.165) is 0 Å². The SMILES string of the molecule is C.COCC(C)O. The molecule has 1 unspecified atom stereocenters. The zero-order chi connectivity index (χ0) is 4.99. The van der Waals surface area contributed by atoms with Crippen molar-refractivity contribution in [2.45, 2.75) is 20.5 Å². The molecule has 46 valence electrons. The maximum absolute atomic E-state index is 8.43. The Balaban J connectivity index is 0. The summed E-state index contributed by atoms with van der Waals surface area (Å²) in [5, 5.41) is 8.43. The van der Waals surface area contributed by atoms with Gasteiger partial charge in [-0.15, -0.1) is 0 Å². The number of aliphatic hydroxyl groups excluding tert-OH is 1. The van der Waals surface area contributed by atoms with Crippen LogP contribution < -0.4 is 0 Å². The summed E-state index contributed by atoms with van der Waals surface area (Å²) < 4.78 is 4.55. The molecule has 0 aromatic rings. The molecule has 0 radical (unpaired) electrons. The van der Waals surface area contributed by atoms with Gasteiger partial charge in [0.05, 0.1) is 12.7 Å². The second-order valence-electron chi connectivity index (χ2n) is 1.30. The zero-order valence-electron chi connectivity index (χ0n) is 4.14. The third kappa shape index (κ3) is 10.7. The lowest BCUT2D eigenvalue weighted by molar-refractivity contribution is 0.0765. The highest BCUT2D eigenvalue weighted by atomic mass is 16.5. The summed E-state index contributed by atoms with van der Waals surface area (Å²) in [5.41, 5.74) is 0. The Morgan fingerprint density at radius 1 is 1.71 bits per heavy atom. The molecule has 1 N–H and O–H groups in total. The number of rotatable bonds is 2. The summed E-state index contributed by atoms with van der Waals surface area (Å²) in [5.74, 6) is 0. The predicted molar refractivity (Wildman–Crippen MR) is 30.3 cm³/mol. The van der Waals surface area contributed by atoms with Crippen LogP contribution in [0.5, 0.6) is 0 Å². The third-order valence-electron chi connectivity index (χ3n) is 0.408. The standard InChI is InChI=1S/C4H10O2.CH4/c1-4(5)3-6-2;/h4-5H,3H2,1-2H3;1H4. The van der Waals surface area contributed by atoms with Gasteiger partial charge in [-0.05, 0) is 6.92 Å². The molecule has 0 saturated heterocycles. The number of hydrogen-bond acceptors (Lipinski definition) is 2. The summed E-state index contributed by atoms with van der Waals surface area (Å²) in [6, 6.07) is 0. The van der Waals surface area contributed by atoms with Gasteiger partial charge >= 0.3 is 0 Å². The first kappa shape index (κ1) is 10.0. The monoisotopic (exact) mass is 106 g/mol. The second-order valence-corrected chi connectivity index (χ2v) is 1.30. The smallest absolute Gasteiger partial charge is 0.0745 e. The Labute approximate surface area is 45.1 Å². The number of ether oxygens (including phenoxy) is 1. The van der Waals surface area contributed by atoms with Crippen LogP contribution in [-0.2, 0) is 4.74 Å². The fourth-order valence-corrected chi connectivity index (χ4v) is 0.241. The van der Waals surface area contributed by atoms with Gasteiger partial charge in [-0.2, -0.15) is 0 Å². The van der Waals surface area contributed by atoms with Crippen LogP contribution in [0.2, 0.25) is 0 Å². The summed E-state index contributed by atoms with van der Waals surface area (Å²) in [6.45, 7) is 2.11. The molecule has 0 aliphatic carbocycles. The molecular weight excluding hydrogens is 92.1 g/mol. The summed E-state index contributed by atoms with van der Waals surface area (Å²) in [4.78, 5) is 0. The molecule has 2 nitrogen and oxygen atoms in total. The van der Waals surface area contributed by atoms with Gasteiger partial charge in [-0.25, -0.2) is 0 Å². The van der Waals surface area contributed by atoms with Crippen LogP contribution in [0.15, 0.2) is 0 Å². The van der Waals surface area contributed by atoms with Crippen LogP contribution in [0.3, 0.4) is 0 Å². The minimum atomic E-state index is -0.324. The van der Waals surface area contributed by atoms with Gasteiger partial charge in [0.15, 0.2) is 0 Å². The molecule has 7 heavy (non-hydrogen) atoms. The maximum atomic E-state index is 8.43. The highest BCUT2D eigenvalue weighted by Crippen LogP contribution is 1.75. The van der Waals surface area contributed by atoms with Crippen LogP contribution in [0, 0.1) is 0 Å². The molecule has 2 heteroatoms. The topological polar surface area (TPSA) is 29.5 Å². The van der Waals surface area contributed by atoms with Crippen molar-refractivity contribution < 1.29 is 9.84 Å². The fourth-order valence-electron chi connectivity index (χ4n) is 0.241. The molecule has 0 saturated carbocycles. The first-order valence-corrected chi connectivity index (χ1v) is 1.94. The van der Waals surface area contributed by atoms with Gasteiger partial charge in [-0.1, -0.05) is 7.43 Å². The minimum absolute atomic E-state index is 0. The van der Waals surface area contributed by atoms with Crippen molar-refractivity contribution in [2.24, 2.45) is 0 Å². The third-order valence-corrected chi connectivity index (χ3v) is 0.408. The van der Waals surface area contributed by atoms with Crippen LogP contribution in [0.25, 0.3) is 0 Å². The lowest BCUT2D eigenvalue weighted by atomic mass is 10.5. The molecule has 0 rings (SSSR count). The predicted octanol–water partition coefficient (Wildman–Crippen LogP) is 0.650. The van der Waals surface area contributed by atoms with E-state index in [-0.39, 0.29) is 13.5 Å². The minimum Gasteiger partial charge on any atom is -0.391 e. The molecule has 0 fully saturated rings. The second kappa shape index (κ2) is 5.92. The van der Waals surface area contributed by atoms with E-state index in [1.165, 1.54) is 0 Å². The lowest BCUT2D eigenvalue weighted by Gasteiger charge is -1.97.